The molecule has 2 aromatic heterocycles. The lowest BCUT2D eigenvalue weighted by atomic mass is 10.2. The molecule has 8 nitrogen and oxygen atoms in total. The van der Waals surface area contributed by atoms with Crippen LogP contribution in [-0.4, -0.2) is 69.9 Å². The maximum absolute atomic E-state index is 13.0. The van der Waals surface area contributed by atoms with Crippen molar-refractivity contribution in [2.75, 3.05) is 38.5 Å². The van der Waals surface area contributed by atoms with E-state index in [4.69, 9.17) is 4.74 Å². The minimum atomic E-state index is -0.341. The van der Waals surface area contributed by atoms with Gasteiger partial charge in [-0.2, -0.15) is 0 Å². The zero-order valence-electron chi connectivity index (χ0n) is 17.5. The summed E-state index contributed by atoms with van der Waals surface area (Å²) in [6.45, 7) is 11.9. The normalized spacial score (nSPS) is 14.2. The van der Waals surface area contributed by atoms with Crippen molar-refractivity contribution in [3.05, 3.63) is 33.4 Å². The minimum absolute atomic E-state index is 0.0402. The van der Waals surface area contributed by atoms with Crippen LogP contribution in [0.25, 0.3) is 10.2 Å². The van der Waals surface area contributed by atoms with E-state index in [9.17, 15) is 14.4 Å². The molecule has 10 heteroatoms. The summed E-state index contributed by atoms with van der Waals surface area (Å²) in [5.74, 6) is 0.138. The van der Waals surface area contributed by atoms with Crippen LogP contribution in [0.2, 0.25) is 0 Å². The Balaban J connectivity index is 1.70. The predicted octanol–water partition coefficient (Wildman–Crippen LogP) is 2.65. The monoisotopic (exact) mass is 450 g/mol. The van der Waals surface area contributed by atoms with Crippen molar-refractivity contribution in [3.63, 3.8) is 0 Å². The molecule has 1 aliphatic heterocycles. The van der Waals surface area contributed by atoms with Crippen molar-refractivity contribution in [3.8, 4) is 0 Å². The first-order valence-electron chi connectivity index (χ1n) is 9.81. The van der Waals surface area contributed by atoms with Crippen molar-refractivity contribution in [1.29, 1.82) is 0 Å². The summed E-state index contributed by atoms with van der Waals surface area (Å²) in [5, 5.41) is 1.16. The van der Waals surface area contributed by atoms with Crippen LogP contribution in [0.15, 0.2) is 22.6 Å². The summed E-state index contributed by atoms with van der Waals surface area (Å²) in [6.07, 6.45) is 1.32. The Morgan fingerprint density at radius 3 is 2.53 bits per heavy atom. The van der Waals surface area contributed by atoms with Crippen LogP contribution in [0.1, 0.15) is 17.4 Å². The van der Waals surface area contributed by atoms with E-state index in [1.54, 1.807) is 27.4 Å². The Labute approximate surface area is 183 Å². The van der Waals surface area contributed by atoms with Crippen LogP contribution < -0.4 is 5.56 Å². The van der Waals surface area contributed by atoms with Crippen molar-refractivity contribution in [2.24, 2.45) is 0 Å². The Kier molecular flexibility index (Phi) is 7.19. The van der Waals surface area contributed by atoms with E-state index >= 15 is 0 Å². The number of amides is 2. The molecule has 1 aliphatic rings. The number of carbonyl (C=O) groups is 2. The standard InChI is InChI=1S/C20H26N4O4S2/c1-5-7-24-18(26)16-13(3)14(4)30-17(16)21-19(24)29-12-15(25)22-8-10-23(11-9-22)20(27)28-6-2/h5H,1,6-12H2,2-4H3. The van der Waals surface area contributed by atoms with E-state index in [0.29, 0.717) is 54.7 Å². The average molecular weight is 451 g/mol. The number of ether oxygens (including phenoxy) is 1. The van der Waals surface area contributed by atoms with Crippen molar-refractivity contribution in [2.45, 2.75) is 32.5 Å². The van der Waals surface area contributed by atoms with E-state index in [1.165, 1.54) is 23.1 Å². The zero-order chi connectivity index (χ0) is 21.8. The molecular formula is C20H26N4O4S2. The topological polar surface area (TPSA) is 84.7 Å². The van der Waals surface area contributed by atoms with Gasteiger partial charge >= 0.3 is 6.09 Å². The van der Waals surface area contributed by atoms with Gasteiger partial charge in [-0.05, 0) is 26.3 Å². The number of thioether (sulfide) groups is 1. The van der Waals surface area contributed by atoms with Crippen molar-refractivity contribution in [1.82, 2.24) is 19.4 Å². The summed E-state index contributed by atoms with van der Waals surface area (Å²) in [7, 11) is 0. The molecule has 0 aliphatic carbocycles. The molecule has 1 fully saturated rings. The molecule has 0 saturated carbocycles. The number of aryl methyl sites for hydroxylation is 2. The second kappa shape index (κ2) is 9.65. The summed E-state index contributed by atoms with van der Waals surface area (Å²) >= 11 is 2.76. The second-order valence-corrected chi connectivity index (χ2v) is 9.06. The Hall–Kier alpha value is -2.33. The van der Waals surface area contributed by atoms with Gasteiger partial charge in [-0.3, -0.25) is 14.2 Å². The van der Waals surface area contributed by atoms with E-state index in [-0.39, 0.29) is 23.3 Å². The molecule has 2 amide bonds. The van der Waals surface area contributed by atoms with Crippen LogP contribution in [0.3, 0.4) is 0 Å². The van der Waals surface area contributed by atoms with Crippen molar-refractivity contribution >= 4 is 45.3 Å². The predicted molar refractivity (Wildman–Crippen MR) is 119 cm³/mol. The lowest BCUT2D eigenvalue weighted by Gasteiger charge is -2.34. The van der Waals surface area contributed by atoms with Gasteiger partial charge in [-0.25, -0.2) is 9.78 Å². The van der Waals surface area contributed by atoms with Crippen LogP contribution in [0.5, 0.6) is 0 Å². The third-order valence-corrected chi connectivity index (χ3v) is 7.11. The largest absolute Gasteiger partial charge is 0.450 e. The molecule has 0 radical (unpaired) electrons. The van der Waals surface area contributed by atoms with Crippen molar-refractivity contribution < 1.29 is 14.3 Å². The third-order valence-electron chi connectivity index (χ3n) is 5.05. The fourth-order valence-electron chi connectivity index (χ4n) is 3.28. The summed E-state index contributed by atoms with van der Waals surface area (Å²) < 4.78 is 6.58. The van der Waals surface area contributed by atoms with Crippen LogP contribution in [-0.2, 0) is 16.1 Å². The van der Waals surface area contributed by atoms with Gasteiger partial charge in [0.15, 0.2) is 5.16 Å². The molecule has 0 spiro atoms. The Morgan fingerprint density at radius 1 is 1.23 bits per heavy atom. The van der Waals surface area contributed by atoms with E-state index in [1.807, 2.05) is 13.8 Å². The highest BCUT2D eigenvalue weighted by Crippen LogP contribution is 2.28. The number of aromatic nitrogens is 2. The zero-order valence-corrected chi connectivity index (χ0v) is 19.1. The lowest BCUT2D eigenvalue weighted by molar-refractivity contribution is -0.129. The molecule has 2 aromatic rings. The smallest absolute Gasteiger partial charge is 0.409 e. The molecule has 30 heavy (non-hydrogen) atoms. The van der Waals surface area contributed by atoms with Crippen LogP contribution in [0.4, 0.5) is 4.79 Å². The summed E-state index contributed by atoms with van der Waals surface area (Å²) in [5.41, 5.74) is 0.858. The number of carbonyl (C=O) groups excluding carboxylic acids is 2. The van der Waals surface area contributed by atoms with Gasteiger partial charge in [0.25, 0.3) is 5.56 Å². The Morgan fingerprint density at radius 2 is 1.90 bits per heavy atom. The molecule has 0 aromatic carbocycles. The molecule has 3 heterocycles. The first-order chi connectivity index (χ1) is 14.4. The van der Waals surface area contributed by atoms with Gasteiger partial charge in [0.1, 0.15) is 4.83 Å². The quantitative estimate of drug-likeness (QED) is 0.382. The fourth-order valence-corrected chi connectivity index (χ4v) is 5.26. The number of rotatable bonds is 6. The van der Waals surface area contributed by atoms with E-state index in [0.717, 1.165) is 10.4 Å². The maximum Gasteiger partial charge on any atom is 0.409 e. The molecule has 162 valence electrons. The number of allylic oxidation sites excluding steroid dienone is 1. The van der Waals surface area contributed by atoms with Crippen LogP contribution in [0, 0.1) is 13.8 Å². The molecule has 0 unspecified atom stereocenters. The van der Waals surface area contributed by atoms with Gasteiger partial charge in [-0.15, -0.1) is 17.9 Å². The maximum atomic E-state index is 13.0. The molecule has 0 bridgehead atoms. The fraction of sp³-hybridized carbons (Fsp3) is 0.500. The average Bonchev–Trinajstić information content (AvgIpc) is 3.02. The van der Waals surface area contributed by atoms with Gasteiger partial charge in [0.2, 0.25) is 5.91 Å². The molecule has 1 saturated heterocycles. The first-order valence-corrected chi connectivity index (χ1v) is 11.6. The molecule has 0 N–H and O–H groups in total. The highest BCUT2D eigenvalue weighted by atomic mass is 32.2. The molecular weight excluding hydrogens is 424 g/mol. The van der Waals surface area contributed by atoms with Gasteiger partial charge in [0.05, 0.1) is 17.7 Å². The van der Waals surface area contributed by atoms with Gasteiger partial charge in [0, 0.05) is 37.6 Å². The number of nitrogens with zero attached hydrogens (tertiary/aromatic N) is 4. The van der Waals surface area contributed by atoms with E-state index in [2.05, 4.69) is 11.6 Å². The number of piperazine rings is 1. The summed E-state index contributed by atoms with van der Waals surface area (Å²) in [6, 6.07) is 0. The SMILES string of the molecule is C=CCn1c(SCC(=O)N2CCN(C(=O)OCC)CC2)nc2sc(C)c(C)c2c1=O. The minimum Gasteiger partial charge on any atom is -0.450 e. The summed E-state index contributed by atoms with van der Waals surface area (Å²) in [4.78, 5) is 47.3. The van der Waals surface area contributed by atoms with Gasteiger partial charge < -0.3 is 14.5 Å². The highest BCUT2D eigenvalue weighted by Gasteiger charge is 2.25. The number of fused-ring (bicyclic) bond motifs is 1. The molecule has 3 rings (SSSR count). The lowest BCUT2D eigenvalue weighted by Crippen LogP contribution is -2.51. The second-order valence-electron chi connectivity index (χ2n) is 6.92. The highest BCUT2D eigenvalue weighted by molar-refractivity contribution is 7.99. The number of hydrogen-bond donors (Lipinski definition) is 0. The Bertz CT molecular complexity index is 1020. The van der Waals surface area contributed by atoms with E-state index < -0.39 is 0 Å². The number of hydrogen-bond acceptors (Lipinski definition) is 7. The molecule has 0 atom stereocenters. The van der Waals surface area contributed by atoms with Crippen LogP contribution >= 0.6 is 23.1 Å². The first kappa shape index (κ1) is 22.4. The third kappa shape index (κ3) is 4.54. The van der Waals surface area contributed by atoms with Gasteiger partial charge in [-0.1, -0.05) is 17.8 Å². The number of thiophene rings is 1.